The molecule has 74 valence electrons. The molecule has 4 nitrogen and oxygen atoms in total. The summed E-state index contributed by atoms with van der Waals surface area (Å²) in [6.45, 7) is 4.79. The number of aromatic nitrogens is 3. The third-order valence-corrected chi connectivity index (χ3v) is 2.54. The van der Waals surface area contributed by atoms with Crippen molar-refractivity contribution in [3.8, 4) is 0 Å². The molecular formula is C10H14N4. The lowest BCUT2D eigenvalue weighted by Crippen LogP contribution is -2.28. The topological polar surface area (TPSA) is 56.2 Å². The van der Waals surface area contributed by atoms with Crippen molar-refractivity contribution in [1.29, 1.82) is 0 Å². The van der Waals surface area contributed by atoms with E-state index in [2.05, 4.69) is 23.9 Å². The van der Waals surface area contributed by atoms with Crippen LogP contribution in [0.1, 0.15) is 19.4 Å². The molecule has 2 aromatic heterocycles. The predicted octanol–water partition coefficient (Wildman–Crippen LogP) is 0.966. The highest BCUT2D eigenvalue weighted by Crippen LogP contribution is 2.20. The Hall–Kier alpha value is -1.42. The molecule has 2 aromatic rings. The first-order valence-electron chi connectivity index (χ1n) is 4.63. The van der Waals surface area contributed by atoms with E-state index < -0.39 is 0 Å². The van der Waals surface area contributed by atoms with Crippen LogP contribution in [0.4, 0.5) is 0 Å². The molecule has 2 rings (SSSR count). The first kappa shape index (κ1) is 9.15. The summed E-state index contributed by atoms with van der Waals surface area (Å²) in [6, 6.07) is 1.87. The van der Waals surface area contributed by atoms with Crippen LogP contribution < -0.4 is 5.73 Å². The van der Waals surface area contributed by atoms with Gasteiger partial charge in [-0.3, -0.25) is 0 Å². The number of nitrogens with two attached hydrogens (primary N) is 1. The molecule has 0 aliphatic rings. The van der Waals surface area contributed by atoms with Crippen LogP contribution in [0.3, 0.4) is 0 Å². The van der Waals surface area contributed by atoms with Gasteiger partial charge in [0.1, 0.15) is 0 Å². The van der Waals surface area contributed by atoms with Gasteiger partial charge in [0.25, 0.3) is 0 Å². The van der Waals surface area contributed by atoms with Crippen molar-refractivity contribution >= 4 is 5.65 Å². The van der Waals surface area contributed by atoms with Crippen LogP contribution in [-0.2, 0) is 5.41 Å². The fourth-order valence-electron chi connectivity index (χ4n) is 1.28. The predicted molar refractivity (Wildman–Crippen MR) is 55.1 cm³/mol. The molecule has 0 aliphatic heterocycles. The lowest BCUT2D eigenvalue weighted by Gasteiger charge is -2.22. The summed E-state index contributed by atoms with van der Waals surface area (Å²) in [5.41, 5.74) is 7.62. The number of nitrogens with zero attached hydrogens (tertiary/aromatic N) is 3. The minimum absolute atomic E-state index is 0.0485. The van der Waals surface area contributed by atoms with Crippen LogP contribution in [0.15, 0.2) is 24.7 Å². The van der Waals surface area contributed by atoms with Gasteiger partial charge in [0.05, 0.1) is 6.20 Å². The molecule has 0 fully saturated rings. The van der Waals surface area contributed by atoms with Crippen LogP contribution >= 0.6 is 0 Å². The van der Waals surface area contributed by atoms with Gasteiger partial charge in [0.15, 0.2) is 5.65 Å². The summed E-state index contributed by atoms with van der Waals surface area (Å²) in [5.74, 6) is 0. The fraction of sp³-hybridized carbons (Fsp3) is 0.400. The summed E-state index contributed by atoms with van der Waals surface area (Å²) in [7, 11) is 0. The molecule has 0 bridgehead atoms. The zero-order chi connectivity index (χ0) is 10.2. The van der Waals surface area contributed by atoms with Gasteiger partial charge >= 0.3 is 0 Å². The SMILES string of the molecule is CC(C)(CN)c1cnc2ccnn2c1. The van der Waals surface area contributed by atoms with Crippen molar-refractivity contribution in [3.05, 3.63) is 30.2 Å². The molecule has 0 aromatic carbocycles. The molecule has 0 saturated carbocycles. The maximum atomic E-state index is 5.70. The smallest absolute Gasteiger partial charge is 0.154 e. The second kappa shape index (κ2) is 3.06. The van der Waals surface area contributed by atoms with E-state index in [9.17, 15) is 0 Å². The monoisotopic (exact) mass is 190 g/mol. The van der Waals surface area contributed by atoms with E-state index in [4.69, 9.17) is 5.73 Å². The van der Waals surface area contributed by atoms with Crippen molar-refractivity contribution in [1.82, 2.24) is 14.6 Å². The van der Waals surface area contributed by atoms with Gasteiger partial charge in [-0.2, -0.15) is 5.10 Å². The van der Waals surface area contributed by atoms with Gasteiger partial charge in [-0.25, -0.2) is 9.50 Å². The highest BCUT2D eigenvalue weighted by atomic mass is 15.2. The number of hydrogen-bond donors (Lipinski definition) is 1. The Morgan fingerprint density at radius 2 is 2.29 bits per heavy atom. The molecular weight excluding hydrogens is 176 g/mol. The zero-order valence-electron chi connectivity index (χ0n) is 8.44. The van der Waals surface area contributed by atoms with Crippen LogP contribution in [0.25, 0.3) is 5.65 Å². The molecule has 0 saturated heterocycles. The van der Waals surface area contributed by atoms with Crippen LogP contribution in [0, 0.1) is 0 Å². The van der Waals surface area contributed by atoms with Crippen LogP contribution in [0.2, 0.25) is 0 Å². The quantitative estimate of drug-likeness (QED) is 0.767. The standard InChI is InChI=1S/C10H14N4/c1-10(2,7-11)8-5-12-9-3-4-13-14(9)6-8/h3-6H,7,11H2,1-2H3. The second-order valence-corrected chi connectivity index (χ2v) is 4.06. The maximum absolute atomic E-state index is 5.70. The second-order valence-electron chi connectivity index (χ2n) is 4.06. The molecule has 0 amide bonds. The maximum Gasteiger partial charge on any atom is 0.154 e. The van der Waals surface area contributed by atoms with Gasteiger partial charge in [-0.1, -0.05) is 13.8 Å². The number of fused-ring (bicyclic) bond motifs is 1. The minimum atomic E-state index is -0.0485. The molecule has 2 heterocycles. The largest absolute Gasteiger partial charge is 0.330 e. The lowest BCUT2D eigenvalue weighted by atomic mass is 9.87. The van der Waals surface area contributed by atoms with Gasteiger partial charge in [0, 0.05) is 30.4 Å². The summed E-state index contributed by atoms with van der Waals surface area (Å²) < 4.78 is 1.77. The molecule has 0 atom stereocenters. The van der Waals surface area contributed by atoms with E-state index in [1.54, 1.807) is 10.7 Å². The van der Waals surface area contributed by atoms with Crippen molar-refractivity contribution in [2.75, 3.05) is 6.54 Å². The molecule has 4 heteroatoms. The molecule has 0 aliphatic carbocycles. The van der Waals surface area contributed by atoms with Crippen LogP contribution in [0.5, 0.6) is 0 Å². The van der Waals surface area contributed by atoms with E-state index in [1.165, 1.54) is 0 Å². The Balaban J connectivity index is 2.53. The Kier molecular flexibility index (Phi) is 2.00. The average Bonchev–Trinajstić information content (AvgIpc) is 2.64. The summed E-state index contributed by atoms with van der Waals surface area (Å²) in [5, 5.41) is 4.14. The van der Waals surface area contributed by atoms with Crippen molar-refractivity contribution in [2.24, 2.45) is 5.73 Å². The molecule has 0 radical (unpaired) electrons. The molecule has 0 spiro atoms. The Labute approximate surface area is 82.8 Å². The van der Waals surface area contributed by atoms with Crippen molar-refractivity contribution < 1.29 is 0 Å². The third-order valence-electron chi connectivity index (χ3n) is 2.54. The Bertz CT molecular complexity index is 444. The highest BCUT2D eigenvalue weighted by molar-refractivity contribution is 5.37. The molecule has 2 N–H and O–H groups in total. The number of hydrogen-bond acceptors (Lipinski definition) is 3. The average molecular weight is 190 g/mol. The van der Waals surface area contributed by atoms with Gasteiger partial charge < -0.3 is 5.73 Å². The first-order valence-corrected chi connectivity index (χ1v) is 4.63. The van der Waals surface area contributed by atoms with Crippen molar-refractivity contribution in [2.45, 2.75) is 19.3 Å². The highest BCUT2D eigenvalue weighted by Gasteiger charge is 2.19. The molecule has 0 unspecified atom stereocenters. The van der Waals surface area contributed by atoms with Gasteiger partial charge in [-0.15, -0.1) is 0 Å². The van der Waals surface area contributed by atoms with Gasteiger partial charge in [0.2, 0.25) is 0 Å². The van der Waals surface area contributed by atoms with E-state index in [0.717, 1.165) is 11.2 Å². The normalized spacial score (nSPS) is 12.2. The molecule has 14 heavy (non-hydrogen) atoms. The van der Waals surface area contributed by atoms with Crippen LogP contribution in [-0.4, -0.2) is 21.1 Å². The van der Waals surface area contributed by atoms with Gasteiger partial charge in [-0.05, 0) is 5.56 Å². The van der Waals surface area contributed by atoms with E-state index in [1.807, 2.05) is 18.5 Å². The number of rotatable bonds is 2. The van der Waals surface area contributed by atoms with E-state index >= 15 is 0 Å². The summed E-state index contributed by atoms with van der Waals surface area (Å²) >= 11 is 0. The Morgan fingerprint density at radius 3 is 3.00 bits per heavy atom. The minimum Gasteiger partial charge on any atom is -0.330 e. The lowest BCUT2D eigenvalue weighted by molar-refractivity contribution is 0.532. The van der Waals surface area contributed by atoms with E-state index in [-0.39, 0.29) is 5.41 Å². The summed E-state index contributed by atoms with van der Waals surface area (Å²) in [4.78, 5) is 4.30. The Morgan fingerprint density at radius 1 is 1.50 bits per heavy atom. The van der Waals surface area contributed by atoms with Crippen molar-refractivity contribution in [3.63, 3.8) is 0 Å². The zero-order valence-corrected chi connectivity index (χ0v) is 8.44. The first-order chi connectivity index (χ1) is 6.63. The summed E-state index contributed by atoms with van der Waals surface area (Å²) in [6.07, 6.45) is 5.58. The third kappa shape index (κ3) is 1.37. The fourth-order valence-corrected chi connectivity index (χ4v) is 1.28. The van der Waals surface area contributed by atoms with E-state index in [0.29, 0.717) is 6.54 Å².